The van der Waals surface area contributed by atoms with Crippen molar-refractivity contribution >= 4 is 11.6 Å². The molecule has 0 unspecified atom stereocenters. The minimum absolute atomic E-state index is 0.0747. The average molecular weight is 218 g/mol. The third kappa shape index (κ3) is 2.47. The first kappa shape index (κ1) is 11.5. The summed E-state index contributed by atoms with van der Waals surface area (Å²) < 4.78 is 1.65. The van der Waals surface area contributed by atoms with Gasteiger partial charge in [-0.3, -0.25) is 4.68 Å². The lowest BCUT2D eigenvalue weighted by molar-refractivity contribution is 0.251. The van der Waals surface area contributed by atoms with E-state index in [0.29, 0.717) is 11.7 Å². The monoisotopic (exact) mass is 217 g/mol. The first-order valence-electron chi connectivity index (χ1n) is 4.58. The Morgan fingerprint density at radius 3 is 2.71 bits per heavy atom. The molecular weight excluding hydrogens is 202 g/mol. The van der Waals surface area contributed by atoms with Crippen LogP contribution in [0.4, 0.5) is 0 Å². The highest BCUT2D eigenvalue weighted by Crippen LogP contribution is 2.18. The van der Waals surface area contributed by atoms with Gasteiger partial charge in [0.1, 0.15) is 5.15 Å². The molecule has 5 heteroatoms. The van der Waals surface area contributed by atoms with E-state index < -0.39 is 0 Å². The zero-order chi connectivity index (χ0) is 10.7. The number of nitrogens with zero attached hydrogens (tertiary/aromatic N) is 2. The van der Waals surface area contributed by atoms with Gasteiger partial charge in [-0.2, -0.15) is 5.10 Å². The van der Waals surface area contributed by atoms with Gasteiger partial charge in [-0.1, -0.05) is 11.6 Å². The van der Waals surface area contributed by atoms with Crippen LogP contribution in [-0.4, -0.2) is 27.5 Å². The summed E-state index contributed by atoms with van der Waals surface area (Å²) in [6, 6.07) is 0.0747. The maximum atomic E-state index is 8.84. The van der Waals surface area contributed by atoms with E-state index in [1.165, 1.54) is 0 Å². The third-order valence-electron chi connectivity index (χ3n) is 2.17. The summed E-state index contributed by atoms with van der Waals surface area (Å²) in [5.74, 6) is 0. The highest BCUT2D eigenvalue weighted by molar-refractivity contribution is 6.30. The van der Waals surface area contributed by atoms with Gasteiger partial charge in [0.05, 0.1) is 12.3 Å². The lowest BCUT2D eigenvalue weighted by Crippen LogP contribution is -2.28. The van der Waals surface area contributed by atoms with Crippen LogP contribution >= 0.6 is 11.6 Å². The highest BCUT2D eigenvalue weighted by Gasteiger charge is 2.11. The van der Waals surface area contributed by atoms with Crippen LogP contribution in [0.3, 0.4) is 0 Å². The number of nitrogens with one attached hydrogen (secondary N) is 1. The summed E-state index contributed by atoms with van der Waals surface area (Å²) in [5.41, 5.74) is 1.92. The van der Waals surface area contributed by atoms with Crippen molar-refractivity contribution in [3.63, 3.8) is 0 Å². The topological polar surface area (TPSA) is 50.1 Å². The molecule has 0 fully saturated rings. The lowest BCUT2D eigenvalue weighted by atomic mass is 10.2. The van der Waals surface area contributed by atoms with Crippen LogP contribution in [0.1, 0.15) is 18.2 Å². The molecule has 4 nitrogen and oxygen atoms in total. The molecule has 0 saturated carbocycles. The number of aromatic nitrogens is 2. The van der Waals surface area contributed by atoms with Crippen LogP contribution in [-0.2, 0) is 13.6 Å². The average Bonchev–Trinajstić information content (AvgIpc) is 2.39. The van der Waals surface area contributed by atoms with E-state index in [0.717, 1.165) is 11.3 Å². The molecule has 14 heavy (non-hydrogen) atoms. The fourth-order valence-electron chi connectivity index (χ4n) is 1.22. The van der Waals surface area contributed by atoms with Crippen molar-refractivity contribution in [2.75, 3.05) is 6.61 Å². The molecule has 80 valence electrons. The molecule has 1 heterocycles. The van der Waals surface area contributed by atoms with Crippen molar-refractivity contribution in [2.24, 2.45) is 7.05 Å². The van der Waals surface area contributed by atoms with Gasteiger partial charge >= 0.3 is 0 Å². The van der Waals surface area contributed by atoms with Crippen molar-refractivity contribution in [2.45, 2.75) is 26.4 Å². The molecule has 0 aliphatic heterocycles. The lowest BCUT2D eigenvalue weighted by Gasteiger charge is -2.09. The first-order valence-corrected chi connectivity index (χ1v) is 4.96. The second-order valence-electron chi connectivity index (χ2n) is 3.44. The zero-order valence-electron chi connectivity index (χ0n) is 8.71. The summed E-state index contributed by atoms with van der Waals surface area (Å²) in [4.78, 5) is 0. The zero-order valence-corrected chi connectivity index (χ0v) is 9.47. The molecule has 0 bridgehead atoms. The fourth-order valence-corrected chi connectivity index (χ4v) is 1.46. The van der Waals surface area contributed by atoms with Gasteiger partial charge in [-0.25, -0.2) is 0 Å². The number of hydrogen-bond acceptors (Lipinski definition) is 3. The largest absolute Gasteiger partial charge is 0.395 e. The SMILES string of the molecule is Cc1nn(C)c(Cl)c1CN[C@H](C)CO. The molecule has 0 aliphatic rings. The number of aryl methyl sites for hydroxylation is 2. The molecule has 0 spiro atoms. The Kier molecular flexibility index (Phi) is 3.92. The van der Waals surface area contributed by atoms with Gasteiger partial charge in [0.25, 0.3) is 0 Å². The molecule has 2 N–H and O–H groups in total. The molecule has 0 aromatic carbocycles. The van der Waals surface area contributed by atoms with Crippen LogP contribution in [0.15, 0.2) is 0 Å². The Morgan fingerprint density at radius 1 is 1.64 bits per heavy atom. The second kappa shape index (κ2) is 4.77. The molecule has 0 saturated heterocycles. The highest BCUT2D eigenvalue weighted by atomic mass is 35.5. The van der Waals surface area contributed by atoms with Gasteiger partial charge in [0, 0.05) is 25.2 Å². The Morgan fingerprint density at radius 2 is 2.29 bits per heavy atom. The summed E-state index contributed by atoms with van der Waals surface area (Å²) in [6.07, 6.45) is 0. The molecule has 1 rings (SSSR count). The number of aliphatic hydroxyl groups is 1. The summed E-state index contributed by atoms with van der Waals surface area (Å²) >= 11 is 6.04. The van der Waals surface area contributed by atoms with Crippen molar-refractivity contribution in [1.82, 2.24) is 15.1 Å². The minimum Gasteiger partial charge on any atom is -0.395 e. The standard InChI is InChI=1S/C9H16ClN3O/c1-6(5-14)11-4-8-7(2)12-13(3)9(8)10/h6,11,14H,4-5H2,1-3H3/t6-/m1/s1. The van der Waals surface area contributed by atoms with Crippen LogP contribution < -0.4 is 5.32 Å². The van der Waals surface area contributed by atoms with Gasteiger partial charge in [0.15, 0.2) is 0 Å². The van der Waals surface area contributed by atoms with E-state index in [2.05, 4.69) is 10.4 Å². The summed E-state index contributed by atoms with van der Waals surface area (Å²) in [7, 11) is 1.81. The van der Waals surface area contributed by atoms with E-state index in [1.807, 2.05) is 20.9 Å². The Hall–Kier alpha value is -0.580. The molecule has 1 atom stereocenters. The van der Waals surface area contributed by atoms with Gasteiger partial charge in [0.2, 0.25) is 0 Å². The van der Waals surface area contributed by atoms with Crippen LogP contribution in [0.2, 0.25) is 5.15 Å². The summed E-state index contributed by atoms with van der Waals surface area (Å²) in [5, 5.41) is 16.8. The van der Waals surface area contributed by atoms with E-state index in [4.69, 9.17) is 16.7 Å². The van der Waals surface area contributed by atoms with Crippen LogP contribution in [0.5, 0.6) is 0 Å². The van der Waals surface area contributed by atoms with Crippen molar-refractivity contribution in [3.8, 4) is 0 Å². The molecule has 1 aromatic heterocycles. The van der Waals surface area contributed by atoms with E-state index in [-0.39, 0.29) is 12.6 Å². The van der Waals surface area contributed by atoms with Gasteiger partial charge in [-0.05, 0) is 13.8 Å². The van der Waals surface area contributed by atoms with E-state index >= 15 is 0 Å². The predicted octanol–water partition coefficient (Wildman–Crippen LogP) is 0.852. The van der Waals surface area contributed by atoms with Crippen molar-refractivity contribution < 1.29 is 5.11 Å². The normalized spacial score (nSPS) is 13.2. The van der Waals surface area contributed by atoms with Crippen LogP contribution in [0.25, 0.3) is 0 Å². The molecule has 0 radical (unpaired) electrons. The van der Waals surface area contributed by atoms with Crippen LogP contribution in [0, 0.1) is 6.92 Å². The predicted molar refractivity (Wildman–Crippen MR) is 56.3 cm³/mol. The first-order chi connectivity index (χ1) is 6.56. The Labute approximate surface area is 88.9 Å². The molecule has 0 amide bonds. The van der Waals surface area contributed by atoms with Gasteiger partial charge in [-0.15, -0.1) is 0 Å². The molecule has 0 aliphatic carbocycles. The van der Waals surface area contributed by atoms with E-state index in [9.17, 15) is 0 Å². The Bertz CT molecular complexity index is 311. The minimum atomic E-state index is 0.0747. The fraction of sp³-hybridized carbons (Fsp3) is 0.667. The third-order valence-corrected chi connectivity index (χ3v) is 2.64. The number of halogens is 1. The molecular formula is C9H16ClN3O. The quantitative estimate of drug-likeness (QED) is 0.787. The van der Waals surface area contributed by atoms with Crippen molar-refractivity contribution in [1.29, 1.82) is 0 Å². The van der Waals surface area contributed by atoms with E-state index in [1.54, 1.807) is 4.68 Å². The maximum absolute atomic E-state index is 8.84. The number of aliphatic hydroxyl groups excluding tert-OH is 1. The second-order valence-corrected chi connectivity index (χ2v) is 3.80. The smallest absolute Gasteiger partial charge is 0.131 e. The molecule has 1 aromatic rings. The Balaban J connectivity index is 2.67. The number of rotatable bonds is 4. The van der Waals surface area contributed by atoms with Gasteiger partial charge < -0.3 is 10.4 Å². The maximum Gasteiger partial charge on any atom is 0.131 e. The van der Waals surface area contributed by atoms with Crippen molar-refractivity contribution in [3.05, 3.63) is 16.4 Å². The number of hydrogen-bond donors (Lipinski definition) is 2. The summed E-state index contributed by atoms with van der Waals surface area (Å²) in [6.45, 7) is 4.60.